The van der Waals surface area contributed by atoms with Gasteiger partial charge in [0, 0.05) is 55.5 Å². The Bertz CT molecular complexity index is 1330. The van der Waals surface area contributed by atoms with Gasteiger partial charge in [-0.2, -0.15) is 0 Å². The Morgan fingerprint density at radius 3 is 3.00 bits per heavy atom. The maximum Gasteiger partial charge on any atom is 0.255 e. The summed E-state index contributed by atoms with van der Waals surface area (Å²) in [5.74, 6) is 0.565. The Hall–Kier alpha value is -3.85. The quantitative estimate of drug-likeness (QED) is 0.481. The lowest BCUT2D eigenvalue weighted by atomic mass is 9.93. The number of para-hydroxylation sites is 1. The van der Waals surface area contributed by atoms with Gasteiger partial charge in [0.05, 0.1) is 42.5 Å². The number of methoxy groups -OCH3 is 1. The molecule has 4 aliphatic rings. The van der Waals surface area contributed by atoms with E-state index in [1.165, 1.54) is 13.2 Å². The average molecular weight is 490 g/mol. The fraction of sp³-hybridized carbons (Fsp3) is 0.333. The molecule has 7 rings (SSSR count). The van der Waals surface area contributed by atoms with Crippen molar-refractivity contribution in [1.29, 1.82) is 0 Å². The Morgan fingerprint density at radius 1 is 1.25 bits per heavy atom. The highest BCUT2D eigenvalue weighted by atomic mass is 19.1. The van der Waals surface area contributed by atoms with Gasteiger partial charge in [0.25, 0.3) is 5.91 Å². The van der Waals surface area contributed by atoms with Crippen molar-refractivity contribution < 1.29 is 18.7 Å². The summed E-state index contributed by atoms with van der Waals surface area (Å²) in [5.41, 5.74) is 3.82. The van der Waals surface area contributed by atoms with Gasteiger partial charge in [0.2, 0.25) is 0 Å². The van der Waals surface area contributed by atoms with Crippen LogP contribution in [0.3, 0.4) is 0 Å². The molecule has 4 aliphatic heterocycles. The van der Waals surface area contributed by atoms with Crippen molar-refractivity contribution in [2.24, 2.45) is 5.92 Å². The molecule has 4 bridgehead atoms. The summed E-state index contributed by atoms with van der Waals surface area (Å²) >= 11 is 0. The van der Waals surface area contributed by atoms with Crippen LogP contribution in [0.4, 0.5) is 15.8 Å². The number of H-pyrrole nitrogens is 1. The van der Waals surface area contributed by atoms with Gasteiger partial charge in [-0.05, 0) is 24.6 Å². The molecule has 8 nitrogen and oxygen atoms in total. The molecule has 186 valence electrons. The first-order chi connectivity index (χ1) is 17.6. The average Bonchev–Trinajstić information content (AvgIpc) is 3.23. The van der Waals surface area contributed by atoms with Crippen LogP contribution in [0.25, 0.3) is 11.3 Å². The van der Waals surface area contributed by atoms with Crippen LogP contribution in [0.5, 0.6) is 11.5 Å². The van der Waals surface area contributed by atoms with E-state index in [2.05, 4.69) is 37.7 Å². The van der Waals surface area contributed by atoms with E-state index in [1.807, 2.05) is 6.07 Å². The number of carbonyl (C=O) groups is 1. The van der Waals surface area contributed by atoms with Gasteiger partial charge >= 0.3 is 0 Å². The molecule has 1 amide bonds. The van der Waals surface area contributed by atoms with Crippen LogP contribution in [0.15, 0.2) is 48.8 Å². The van der Waals surface area contributed by atoms with E-state index in [9.17, 15) is 9.18 Å². The number of benzene rings is 1. The summed E-state index contributed by atoms with van der Waals surface area (Å²) in [5, 5.41) is 6.35. The highest BCUT2D eigenvalue weighted by Gasteiger charge is 2.34. The third-order valence-corrected chi connectivity index (χ3v) is 7.12. The Kier molecular flexibility index (Phi) is 5.85. The molecule has 2 aromatic heterocycles. The van der Waals surface area contributed by atoms with Gasteiger partial charge in [0.1, 0.15) is 5.75 Å². The zero-order valence-electron chi connectivity index (χ0n) is 20.0. The van der Waals surface area contributed by atoms with E-state index in [0.29, 0.717) is 47.5 Å². The third-order valence-electron chi connectivity index (χ3n) is 7.12. The number of aromatic amines is 1. The van der Waals surface area contributed by atoms with Gasteiger partial charge in [0.15, 0.2) is 11.6 Å². The smallest absolute Gasteiger partial charge is 0.255 e. The highest BCUT2D eigenvalue weighted by molar-refractivity contribution is 6.07. The molecule has 0 saturated carbocycles. The minimum Gasteiger partial charge on any atom is -0.492 e. The lowest BCUT2D eigenvalue weighted by Gasteiger charge is -2.38. The summed E-state index contributed by atoms with van der Waals surface area (Å²) in [7, 11) is 1.42. The number of fused-ring (bicyclic) bond motifs is 3. The van der Waals surface area contributed by atoms with E-state index in [-0.39, 0.29) is 17.6 Å². The monoisotopic (exact) mass is 489 g/mol. The lowest BCUT2D eigenvalue weighted by molar-refractivity contribution is 0.0727. The summed E-state index contributed by atoms with van der Waals surface area (Å²) in [6, 6.07) is 6.55. The molecule has 3 aromatic rings. The summed E-state index contributed by atoms with van der Waals surface area (Å²) in [4.78, 5) is 23.4. The molecule has 1 aromatic carbocycles. The first-order valence-corrected chi connectivity index (χ1v) is 12.2. The van der Waals surface area contributed by atoms with E-state index < -0.39 is 5.82 Å². The predicted molar refractivity (Wildman–Crippen MR) is 135 cm³/mol. The first-order valence-electron chi connectivity index (χ1n) is 12.2. The predicted octanol–water partition coefficient (Wildman–Crippen LogP) is 4.07. The molecule has 36 heavy (non-hydrogen) atoms. The maximum atomic E-state index is 14.5. The largest absolute Gasteiger partial charge is 0.492 e. The Labute approximate surface area is 208 Å². The van der Waals surface area contributed by atoms with Gasteiger partial charge in [-0.1, -0.05) is 18.2 Å². The second-order valence-corrected chi connectivity index (χ2v) is 9.49. The molecule has 6 heterocycles. The molecule has 1 fully saturated rings. The maximum absolute atomic E-state index is 14.5. The van der Waals surface area contributed by atoms with Crippen LogP contribution in [-0.4, -0.2) is 60.7 Å². The summed E-state index contributed by atoms with van der Waals surface area (Å²) in [6.45, 7) is 4.03. The number of hydrogen-bond donors (Lipinski definition) is 3. The minimum absolute atomic E-state index is 0.0677. The number of carbonyl (C=O) groups excluding carboxylic acids is 1. The molecule has 3 N–H and O–H groups in total. The van der Waals surface area contributed by atoms with Crippen LogP contribution in [0.1, 0.15) is 28.4 Å². The number of rotatable bonds is 3. The topological polar surface area (TPSA) is 91.5 Å². The number of nitrogens with zero attached hydrogens (tertiary/aromatic N) is 2. The molecule has 9 heteroatoms. The molecule has 0 aliphatic carbocycles. The van der Waals surface area contributed by atoms with E-state index >= 15 is 0 Å². The van der Waals surface area contributed by atoms with Crippen LogP contribution >= 0.6 is 0 Å². The standard InChI is InChI=1S/C27H28FN5O3/c1-35-26-19(28)6-4-7-20(26)31-25-22-23-17(11-30-27(22)34)5-2-3-10-33-13-16(14-33)15-36-21-12-29-9-8-18(21)24(25)32-23/h2-4,6-9,12,16-17,31-32H,5,10-11,13-15H2,1H3,(H,30,34). The lowest BCUT2D eigenvalue weighted by Crippen LogP contribution is -2.49. The Morgan fingerprint density at radius 2 is 2.14 bits per heavy atom. The number of amides is 1. The van der Waals surface area contributed by atoms with Crippen LogP contribution in [0.2, 0.25) is 0 Å². The molecule has 0 spiro atoms. The highest BCUT2D eigenvalue weighted by Crippen LogP contribution is 2.44. The summed E-state index contributed by atoms with van der Waals surface area (Å²) < 4.78 is 26.1. The van der Waals surface area contributed by atoms with Gasteiger partial charge in [-0.15, -0.1) is 0 Å². The number of halogens is 1. The van der Waals surface area contributed by atoms with E-state index in [0.717, 1.165) is 37.3 Å². The van der Waals surface area contributed by atoms with Crippen LogP contribution in [-0.2, 0) is 0 Å². The van der Waals surface area contributed by atoms with Crippen molar-refractivity contribution in [2.45, 2.75) is 12.3 Å². The van der Waals surface area contributed by atoms with Crippen molar-refractivity contribution in [3.63, 3.8) is 0 Å². The summed E-state index contributed by atoms with van der Waals surface area (Å²) in [6.07, 6.45) is 8.58. The van der Waals surface area contributed by atoms with Crippen molar-refractivity contribution >= 4 is 17.3 Å². The number of pyridine rings is 1. The SMILES string of the molecule is COc1c(F)cccc1Nc1c2[nH]c3c1C(=O)NCC3CC=CCN1CC(COc3cnccc3-2)C1. The van der Waals surface area contributed by atoms with Gasteiger partial charge < -0.3 is 25.1 Å². The number of aromatic nitrogens is 2. The zero-order chi connectivity index (χ0) is 24.6. The fourth-order valence-corrected chi connectivity index (χ4v) is 5.27. The normalized spacial score (nSPS) is 22.7. The van der Waals surface area contributed by atoms with Crippen LogP contribution < -0.4 is 20.1 Å². The number of nitrogens with one attached hydrogen (secondary N) is 3. The van der Waals surface area contributed by atoms with Crippen molar-refractivity contribution in [3.05, 3.63) is 65.9 Å². The number of anilines is 2. The van der Waals surface area contributed by atoms with E-state index in [4.69, 9.17) is 9.47 Å². The molecular weight excluding hydrogens is 461 g/mol. The third kappa shape index (κ3) is 3.99. The van der Waals surface area contributed by atoms with Crippen LogP contribution in [0, 0.1) is 11.7 Å². The number of allylic oxidation sites excluding steroid dienone is 1. The molecule has 1 unspecified atom stereocenters. The van der Waals surface area contributed by atoms with E-state index in [1.54, 1.807) is 24.5 Å². The van der Waals surface area contributed by atoms with Gasteiger partial charge in [-0.3, -0.25) is 14.7 Å². The number of ether oxygens (including phenoxy) is 2. The van der Waals surface area contributed by atoms with Crippen molar-refractivity contribution in [2.75, 3.05) is 45.2 Å². The van der Waals surface area contributed by atoms with Gasteiger partial charge in [-0.25, -0.2) is 4.39 Å². The molecule has 0 radical (unpaired) electrons. The number of hydrogen-bond acceptors (Lipinski definition) is 6. The fourth-order valence-electron chi connectivity index (χ4n) is 5.27. The minimum atomic E-state index is -0.488. The zero-order valence-corrected chi connectivity index (χ0v) is 20.0. The first kappa shape index (κ1) is 22.6. The molecule has 1 saturated heterocycles. The Balaban J connectivity index is 1.52. The molecule has 1 atom stereocenters. The molecular formula is C27H28FN5O3. The van der Waals surface area contributed by atoms with Crippen molar-refractivity contribution in [1.82, 2.24) is 20.2 Å². The second-order valence-electron chi connectivity index (χ2n) is 9.49. The second kappa shape index (κ2) is 9.31. The van der Waals surface area contributed by atoms with Crippen molar-refractivity contribution in [3.8, 4) is 22.8 Å².